The molecule has 1 aromatic carbocycles. The van der Waals surface area contributed by atoms with Gasteiger partial charge in [0, 0.05) is 38.7 Å². The van der Waals surface area contributed by atoms with Gasteiger partial charge in [0.2, 0.25) is 0 Å². The normalized spacial score (nSPS) is 24.7. The van der Waals surface area contributed by atoms with Crippen LogP contribution in [0.2, 0.25) is 0 Å². The number of methoxy groups -OCH3 is 1. The Morgan fingerprint density at radius 3 is 3.06 bits per heavy atom. The Balaban J connectivity index is 1.72. The van der Waals surface area contributed by atoms with Crippen molar-refractivity contribution < 1.29 is 9.64 Å². The molecule has 0 spiro atoms. The van der Waals surface area contributed by atoms with Crippen LogP contribution in [0.15, 0.2) is 18.2 Å². The smallest absolute Gasteiger partial charge is 0.108 e. The van der Waals surface area contributed by atoms with Crippen LogP contribution in [-0.2, 0) is 17.7 Å². The number of likely N-dealkylation sites (tertiary alicyclic amines) is 1. The van der Waals surface area contributed by atoms with Gasteiger partial charge >= 0.3 is 0 Å². The van der Waals surface area contributed by atoms with Crippen LogP contribution < -0.4 is 4.90 Å². The van der Waals surface area contributed by atoms with Gasteiger partial charge in [0.1, 0.15) is 5.69 Å². The van der Waals surface area contributed by atoms with Crippen molar-refractivity contribution in [2.24, 2.45) is 0 Å². The zero-order valence-corrected chi connectivity index (χ0v) is 10.4. The van der Waals surface area contributed by atoms with E-state index in [-0.39, 0.29) is 0 Å². The van der Waals surface area contributed by atoms with Crippen molar-refractivity contribution in [3.05, 3.63) is 36.4 Å². The fraction of sp³-hybridized carbons (Fsp3) is 0.500. The van der Waals surface area contributed by atoms with E-state index >= 15 is 0 Å². The monoisotopic (exact) mass is 232 g/mol. The van der Waals surface area contributed by atoms with Crippen molar-refractivity contribution in [1.29, 1.82) is 0 Å². The summed E-state index contributed by atoms with van der Waals surface area (Å²) >= 11 is 0. The van der Waals surface area contributed by atoms with Gasteiger partial charge in [0.05, 0.1) is 12.6 Å². The largest absolute Gasteiger partial charge is 0.434 e. The molecule has 3 nitrogen and oxygen atoms in total. The minimum atomic E-state index is 0.446. The maximum Gasteiger partial charge on any atom is 0.108 e. The molecular weight excluding hydrogens is 212 g/mol. The lowest BCUT2D eigenvalue weighted by Crippen LogP contribution is -3.00. The highest BCUT2D eigenvalue weighted by Gasteiger charge is 2.28. The fourth-order valence-corrected chi connectivity index (χ4v) is 2.86. The first-order valence-corrected chi connectivity index (χ1v) is 6.32. The van der Waals surface area contributed by atoms with Gasteiger partial charge in [-0.2, -0.15) is 0 Å². The number of quaternary nitrogens is 1. The Morgan fingerprint density at radius 2 is 2.29 bits per heavy atom. The second-order valence-corrected chi connectivity index (χ2v) is 5.10. The molecule has 0 radical (unpaired) electrons. The number of benzene rings is 1. The predicted molar refractivity (Wildman–Crippen MR) is 67.1 cm³/mol. The van der Waals surface area contributed by atoms with Gasteiger partial charge < -0.3 is 9.64 Å². The molecule has 0 saturated carbocycles. The third-order valence-corrected chi connectivity index (χ3v) is 3.98. The van der Waals surface area contributed by atoms with Crippen molar-refractivity contribution in [2.45, 2.75) is 19.1 Å². The zero-order valence-electron chi connectivity index (χ0n) is 10.4. The average molecular weight is 232 g/mol. The van der Waals surface area contributed by atoms with Gasteiger partial charge in [-0.25, -0.2) is 0 Å². The van der Waals surface area contributed by atoms with Crippen LogP contribution in [-0.4, -0.2) is 37.7 Å². The number of ether oxygens (including phenoxy) is 1. The van der Waals surface area contributed by atoms with Crippen LogP contribution in [0, 0.1) is 7.05 Å². The third-order valence-electron chi connectivity index (χ3n) is 3.98. The van der Waals surface area contributed by atoms with E-state index < -0.39 is 0 Å². The molecule has 1 atom stereocenters. The SMILES string of the molecule is [CH2-][NH+]1CCc2c(CN3CC(OC)C3)cccc21. The van der Waals surface area contributed by atoms with Gasteiger partial charge in [-0.05, 0) is 11.6 Å². The molecule has 1 N–H and O–H groups in total. The molecule has 2 heterocycles. The van der Waals surface area contributed by atoms with Crippen LogP contribution >= 0.6 is 0 Å². The summed E-state index contributed by atoms with van der Waals surface area (Å²) in [5.74, 6) is 0. The van der Waals surface area contributed by atoms with E-state index in [1.54, 1.807) is 7.11 Å². The molecule has 0 bridgehead atoms. The van der Waals surface area contributed by atoms with E-state index in [1.807, 2.05) is 0 Å². The molecule has 2 aliphatic rings. The maximum atomic E-state index is 5.31. The summed E-state index contributed by atoms with van der Waals surface area (Å²) in [6.45, 7) is 4.34. The lowest BCUT2D eigenvalue weighted by atomic mass is 10.0. The van der Waals surface area contributed by atoms with Crippen LogP contribution in [0.4, 0.5) is 5.69 Å². The Hall–Kier alpha value is -0.900. The van der Waals surface area contributed by atoms with Crippen molar-refractivity contribution in [3.8, 4) is 0 Å². The number of hydrogen-bond donors (Lipinski definition) is 1. The summed E-state index contributed by atoms with van der Waals surface area (Å²) < 4.78 is 5.31. The highest BCUT2D eigenvalue weighted by atomic mass is 16.5. The highest BCUT2D eigenvalue weighted by Crippen LogP contribution is 2.24. The van der Waals surface area contributed by atoms with E-state index in [1.165, 1.54) is 28.1 Å². The van der Waals surface area contributed by atoms with Gasteiger partial charge in [-0.3, -0.25) is 4.90 Å². The molecule has 2 aliphatic heterocycles. The van der Waals surface area contributed by atoms with Crippen molar-refractivity contribution in [3.63, 3.8) is 0 Å². The molecule has 0 aromatic heterocycles. The molecule has 92 valence electrons. The van der Waals surface area contributed by atoms with Crippen LogP contribution in [0.1, 0.15) is 11.1 Å². The summed E-state index contributed by atoms with van der Waals surface area (Å²) in [6, 6.07) is 6.64. The van der Waals surface area contributed by atoms with E-state index in [4.69, 9.17) is 4.74 Å². The number of rotatable bonds is 3. The fourth-order valence-electron chi connectivity index (χ4n) is 2.86. The lowest BCUT2D eigenvalue weighted by Gasteiger charge is -2.38. The molecule has 0 aliphatic carbocycles. The molecule has 3 heteroatoms. The van der Waals surface area contributed by atoms with Gasteiger partial charge in [-0.15, -0.1) is 7.05 Å². The zero-order chi connectivity index (χ0) is 11.8. The topological polar surface area (TPSA) is 16.9 Å². The molecule has 1 saturated heterocycles. The number of nitrogens with one attached hydrogen (secondary N) is 1. The second-order valence-electron chi connectivity index (χ2n) is 5.10. The Kier molecular flexibility index (Phi) is 2.90. The van der Waals surface area contributed by atoms with E-state index in [0.717, 1.165) is 26.2 Å². The molecule has 3 rings (SSSR count). The first-order valence-electron chi connectivity index (χ1n) is 6.32. The second kappa shape index (κ2) is 4.41. The van der Waals surface area contributed by atoms with E-state index in [0.29, 0.717) is 6.10 Å². The van der Waals surface area contributed by atoms with Gasteiger partial charge in [-0.1, -0.05) is 12.1 Å². The Morgan fingerprint density at radius 1 is 1.47 bits per heavy atom. The molecule has 1 aromatic rings. The first-order chi connectivity index (χ1) is 8.28. The molecule has 1 unspecified atom stereocenters. The van der Waals surface area contributed by atoms with Crippen LogP contribution in [0.25, 0.3) is 0 Å². The summed E-state index contributed by atoms with van der Waals surface area (Å²) in [6.07, 6.45) is 1.62. The van der Waals surface area contributed by atoms with Crippen molar-refractivity contribution in [1.82, 2.24) is 4.90 Å². The standard InChI is InChI=1S/C14H20N2O/c1-15-7-6-13-11(4-3-5-14(13)15)8-16-9-12(10-16)17-2/h3-5,12,15H,1,6-10H2,2H3. The number of hydrogen-bond acceptors (Lipinski definition) is 2. The first kappa shape index (κ1) is 11.2. The third kappa shape index (κ3) is 1.99. The van der Waals surface area contributed by atoms with Gasteiger partial charge in [0.15, 0.2) is 0 Å². The van der Waals surface area contributed by atoms with Crippen LogP contribution in [0.3, 0.4) is 0 Å². The van der Waals surface area contributed by atoms with Crippen LogP contribution in [0.5, 0.6) is 0 Å². The molecule has 0 amide bonds. The predicted octanol–water partition coefficient (Wildman–Crippen LogP) is 0.381. The van der Waals surface area contributed by atoms with Gasteiger partial charge in [0.25, 0.3) is 0 Å². The van der Waals surface area contributed by atoms with E-state index in [9.17, 15) is 0 Å². The number of nitrogens with zero attached hydrogens (tertiary/aromatic N) is 1. The Labute approximate surface area is 103 Å². The quantitative estimate of drug-likeness (QED) is 0.759. The van der Waals surface area contributed by atoms with Crippen molar-refractivity contribution in [2.75, 3.05) is 26.7 Å². The summed E-state index contributed by atoms with van der Waals surface area (Å²) in [7, 11) is 5.94. The van der Waals surface area contributed by atoms with E-state index in [2.05, 4.69) is 30.1 Å². The number of fused-ring (bicyclic) bond motifs is 1. The minimum absolute atomic E-state index is 0.446. The average Bonchev–Trinajstić information content (AvgIpc) is 2.66. The summed E-state index contributed by atoms with van der Waals surface area (Å²) in [5.41, 5.74) is 4.40. The highest BCUT2D eigenvalue weighted by molar-refractivity contribution is 5.47. The lowest BCUT2D eigenvalue weighted by molar-refractivity contribution is -0.775. The molecule has 17 heavy (non-hydrogen) atoms. The molecular formula is C14H20N2O. The maximum absolute atomic E-state index is 5.31. The summed E-state index contributed by atoms with van der Waals surface area (Å²) in [4.78, 5) is 3.76. The Bertz CT molecular complexity index is 413. The van der Waals surface area contributed by atoms with Crippen molar-refractivity contribution >= 4 is 5.69 Å². The summed E-state index contributed by atoms with van der Waals surface area (Å²) in [5, 5.41) is 0. The minimum Gasteiger partial charge on any atom is -0.434 e. The molecule has 1 fully saturated rings.